The summed E-state index contributed by atoms with van der Waals surface area (Å²) in [7, 11) is 1.22. The third-order valence-corrected chi connectivity index (χ3v) is 4.51. The third-order valence-electron chi connectivity index (χ3n) is 3.79. The molecule has 1 atom stereocenters. The van der Waals surface area contributed by atoms with E-state index in [0.29, 0.717) is 10.0 Å². The minimum Gasteiger partial charge on any atom is -0.465 e. The van der Waals surface area contributed by atoms with E-state index in [9.17, 15) is 14.7 Å². The molecular weight excluding hydrogens is 394 g/mol. The van der Waals surface area contributed by atoms with Gasteiger partial charge < -0.3 is 24.7 Å². The average molecular weight is 408 g/mol. The first-order valence-electron chi connectivity index (χ1n) is 7.26. The van der Waals surface area contributed by atoms with Gasteiger partial charge in [-0.15, -0.1) is 0 Å². The molecule has 0 fully saturated rings. The summed E-state index contributed by atoms with van der Waals surface area (Å²) in [5.41, 5.74) is 6.04. The average Bonchev–Trinajstić information content (AvgIpc) is 2.61. The Hall–Kier alpha value is -2.58. The van der Waals surface area contributed by atoms with Gasteiger partial charge in [0.15, 0.2) is 5.76 Å². The summed E-state index contributed by atoms with van der Waals surface area (Å²) in [6.45, 7) is -0.474. The van der Waals surface area contributed by atoms with Crippen LogP contribution < -0.4 is 15.9 Å². The lowest BCUT2D eigenvalue weighted by Crippen LogP contribution is -2.30. The summed E-state index contributed by atoms with van der Waals surface area (Å²) in [5.74, 6) is -1.76. The lowest BCUT2D eigenvalue weighted by molar-refractivity contribution is -0.136. The van der Waals surface area contributed by atoms with E-state index >= 15 is 0 Å². The molecule has 0 radical (unpaired) electrons. The van der Waals surface area contributed by atoms with Crippen LogP contribution in [-0.4, -0.2) is 18.2 Å². The quantitative estimate of drug-likeness (QED) is 0.745. The molecule has 0 spiro atoms. The van der Waals surface area contributed by atoms with Gasteiger partial charge >= 0.3 is 5.97 Å². The Kier molecular flexibility index (Phi) is 4.65. The molecule has 7 nitrogen and oxygen atoms in total. The van der Waals surface area contributed by atoms with Crippen LogP contribution in [0, 0.1) is 0 Å². The Morgan fingerprint density at radius 1 is 1.40 bits per heavy atom. The number of benzene rings is 1. The molecule has 1 aliphatic rings. The molecule has 0 bridgehead atoms. The second kappa shape index (κ2) is 6.73. The minimum atomic E-state index is -0.828. The molecule has 1 aromatic carbocycles. The molecule has 0 saturated heterocycles. The van der Waals surface area contributed by atoms with E-state index in [1.807, 2.05) is 0 Å². The Bertz CT molecular complexity index is 933. The van der Waals surface area contributed by atoms with Crippen molar-refractivity contribution in [2.75, 3.05) is 7.11 Å². The smallest absolute Gasteiger partial charge is 0.340 e. The van der Waals surface area contributed by atoms with Crippen molar-refractivity contribution in [1.29, 1.82) is 0 Å². The van der Waals surface area contributed by atoms with Crippen molar-refractivity contribution in [1.82, 2.24) is 0 Å². The number of aliphatic hydroxyl groups is 1. The summed E-state index contributed by atoms with van der Waals surface area (Å²) >= 11 is 3.43. The van der Waals surface area contributed by atoms with E-state index in [1.54, 1.807) is 24.3 Å². The fraction of sp³-hybridized carbons (Fsp3) is 0.176. The van der Waals surface area contributed by atoms with Gasteiger partial charge in [-0.1, -0.05) is 34.1 Å². The van der Waals surface area contributed by atoms with Crippen LogP contribution in [0.4, 0.5) is 0 Å². The number of rotatable bonds is 3. The van der Waals surface area contributed by atoms with Gasteiger partial charge in [0, 0.05) is 10.5 Å². The molecule has 130 valence electrons. The van der Waals surface area contributed by atoms with Crippen LogP contribution in [-0.2, 0) is 16.1 Å². The number of hydrogen-bond donors (Lipinski definition) is 2. The topological polar surface area (TPSA) is 112 Å². The molecule has 3 rings (SSSR count). The van der Waals surface area contributed by atoms with Gasteiger partial charge in [0.2, 0.25) is 17.1 Å². The molecule has 0 aliphatic carbocycles. The van der Waals surface area contributed by atoms with Gasteiger partial charge in [-0.2, -0.15) is 0 Å². The second-order valence-corrected chi connectivity index (χ2v) is 6.11. The summed E-state index contributed by atoms with van der Waals surface area (Å²) in [5, 5.41) is 9.34. The number of ether oxygens (including phenoxy) is 2. The van der Waals surface area contributed by atoms with Crippen LogP contribution in [0.1, 0.15) is 23.0 Å². The zero-order valence-corrected chi connectivity index (χ0v) is 14.7. The third kappa shape index (κ3) is 2.94. The van der Waals surface area contributed by atoms with Crippen molar-refractivity contribution in [3.05, 3.63) is 73.6 Å². The molecule has 0 saturated carbocycles. The molecule has 8 heteroatoms. The van der Waals surface area contributed by atoms with Crippen molar-refractivity contribution in [3.63, 3.8) is 0 Å². The normalized spacial score (nSPS) is 16.2. The van der Waals surface area contributed by atoms with Gasteiger partial charge in [-0.3, -0.25) is 4.79 Å². The van der Waals surface area contributed by atoms with Gasteiger partial charge in [0.1, 0.15) is 17.9 Å². The molecule has 3 N–H and O–H groups in total. The number of carbonyl (C=O) groups excluding carboxylic acids is 1. The second-order valence-electron chi connectivity index (χ2n) is 5.25. The first kappa shape index (κ1) is 17.2. The SMILES string of the molecule is COC(=O)C1=C(N)Oc2c(oc(CO)cc2=O)C1c1ccccc1Br. The van der Waals surface area contributed by atoms with Crippen LogP contribution in [0.3, 0.4) is 0 Å². The standard InChI is InChI=1S/C17H14BrNO6/c1-23-17(22)13-12(9-4-2-3-5-10(9)18)15-14(25-16(13)19)11(21)6-8(7-20)24-15/h2-6,12,20H,7,19H2,1H3. The van der Waals surface area contributed by atoms with E-state index in [1.165, 1.54) is 7.11 Å². The van der Waals surface area contributed by atoms with E-state index in [2.05, 4.69) is 15.9 Å². The number of halogens is 1. The van der Waals surface area contributed by atoms with E-state index in [-0.39, 0.29) is 28.7 Å². The molecule has 1 aliphatic heterocycles. The summed E-state index contributed by atoms with van der Waals surface area (Å²) in [4.78, 5) is 24.6. The molecule has 2 aromatic rings. The Morgan fingerprint density at radius 3 is 2.76 bits per heavy atom. The summed E-state index contributed by atoms with van der Waals surface area (Å²) in [6, 6.07) is 8.23. The molecule has 25 heavy (non-hydrogen) atoms. The number of hydrogen-bond acceptors (Lipinski definition) is 7. The minimum absolute atomic E-state index is 0.0140. The molecule has 1 unspecified atom stereocenters. The van der Waals surface area contributed by atoms with Crippen LogP contribution in [0.5, 0.6) is 5.75 Å². The maximum absolute atomic E-state index is 12.3. The predicted octanol–water partition coefficient (Wildman–Crippen LogP) is 1.76. The predicted molar refractivity (Wildman–Crippen MR) is 90.7 cm³/mol. The van der Waals surface area contributed by atoms with E-state index < -0.39 is 23.9 Å². The molecule has 2 heterocycles. The first-order chi connectivity index (χ1) is 12.0. The van der Waals surface area contributed by atoms with Crippen molar-refractivity contribution in [2.45, 2.75) is 12.5 Å². The monoisotopic (exact) mass is 407 g/mol. The molecule has 1 aromatic heterocycles. The number of esters is 1. The molecule has 0 amide bonds. The van der Waals surface area contributed by atoms with Gasteiger partial charge in [-0.25, -0.2) is 4.79 Å². The van der Waals surface area contributed by atoms with E-state index in [0.717, 1.165) is 6.07 Å². The van der Waals surface area contributed by atoms with Crippen molar-refractivity contribution < 1.29 is 23.8 Å². The van der Waals surface area contributed by atoms with Gasteiger partial charge in [-0.05, 0) is 11.6 Å². The molecular formula is C17H14BrNO6. The largest absolute Gasteiger partial charge is 0.465 e. The van der Waals surface area contributed by atoms with Crippen LogP contribution in [0.15, 0.2) is 55.5 Å². The van der Waals surface area contributed by atoms with Crippen LogP contribution in [0.25, 0.3) is 0 Å². The summed E-state index contributed by atoms with van der Waals surface area (Å²) < 4.78 is 16.5. The fourth-order valence-corrected chi connectivity index (χ4v) is 3.21. The lowest BCUT2D eigenvalue weighted by Gasteiger charge is -2.27. The van der Waals surface area contributed by atoms with Crippen molar-refractivity contribution >= 4 is 21.9 Å². The summed E-state index contributed by atoms with van der Waals surface area (Å²) in [6.07, 6.45) is 0. The first-order valence-corrected chi connectivity index (χ1v) is 8.05. The van der Waals surface area contributed by atoms with Gasteiger partial charge in [0.25, 0.3) is 0 Å². The maximum atomic E-state index is 12.3. The van der Waals surface area contributed by atoms with E-state index in [4.69, 9.17) is 19.6 Å². The highest BCUT2D eigenvalue weighted by Gasteiger charge is 2.39. The van der Waals surface area contributed by atoms with Crippen molar-refractivity contribution in [3.8, 4) is 5.75 Å². The zero-order chi connectivity index (χ0) is 18.1. The highest BCUT2D eigenvalue weighted by atomic mass is 79.9. The maximum Gasteiger partial charge on any atom is 0.340 e. The highest BCUT2D eigenvalue weighted by Crippen LogP contribution is 2.43. The Balaban J connectivity index is 2.34. The Labute approximate surface area is 150 Å². The highest BCUT2D eigenvalue weighted by molar-refractivity contribution is 9.10. The number of carbonyl (C=O) groups is 1. The number of fused-ring (bicyclic) bond motifs is 1. The number of aliphatic hydroxyl groups excluding tert-OH is 1. The number of methoxy groups -OCH3 is 1. The lowest BCUT2D eigenvalue weighted by atomic mass is 9.86. The zero-order valence-electron chi connectivity index (χ0n) is 13.1. The van der Waals surface area contributed by atoms with Gasteiger partial charge in [0.05, 0.1) is 13.0 Å². The number of nitrogens with two attached hydrogens (primary N) is 1. The van der Waals surface area contributed by atoms with Crippen LogP contribution in [0.2, 0.25) is 0 Å². The van der Waals surface area contributed by atoms with Crippen LogP contribution >= 0.6 is 15.9 Å². The Morgan fingerprint density at radius 2 is 2.12 bits per heavy atom. The van der Waals surface area contributed by atoms with Crippen molar-refractivity contribution in [2.24, 2.45) is 5.73 Å². The fourth-order valence-electron chi connectivity index (χ4n) is 2.69.